The zero-order chi connectivity index (χ0) is 14.4. The maximum Gasteiger partial charge on any atom is 0.238 e. The first-order valence-corrected chi connectivity index (χ1v) is 6.91. The highest BCUT2D eigenvalue weighted by Crippen LogP contribution is 2.36. The van der Waals surface area contributed by atoms with Crippen LogP contribution in [-0.2, 0) is 4.79 Å². The molecule has 19 heavy (non-hydrogen) atoms. The number of hydrogen-bond acceptors (Lipinski definition) is 3. The van der Waals surface area contributed by atoms with E-state index in [1.54, 1.807) is 11.1 Å². The largest absolute Gasteiger partial charge is 0.492 e. The summed E-state index contributed by atoms with van der Waals surface area (Å²) >= 11 is 6.26. The standard InChI is InChI=1S/C14H21ClN2O2/c1-5-16(6-2)17(11(4)18)14-12(15)9-8-10-13(14)19-7-3/h8-10H,5-7H2,1-4H3. The number of ether oxygens (including phenoxy) is 1. The predicted molar refractivity (Wildman–Crippen MR) is 78.7 cm³/mol. The van der Waals surface area contributed by atoms with Crippen LogP contribution in [0.5, 0.6) is 5.75 Å². The highest BCUT2D eigenvalue weighted by Gasteiger charge is 2.24. The molecular formula is C14H21ClN2O2. The van der Waals surface area contributed by atoms with Crippen LogP contribution in [0.3, 0.4) is 0 Å². The Labute approximate surface area is 119 Å². The molecule has 0 N–H and O–H groups in total. The van der Waals surface area contributed by atoms with Gasteiger partial charge in [-0.1, -0.05) is 31.5 Å². The molecule has 0 radical (unpaired) electrons. The maximum absolute atomic E-state index is 12.0. The minimum Gasteiger partial charge on any atom is -0.492 e. The van der Waals surface area contributed by atoms with E-state index in [4.69, 9.17) is 16.3 Å². The van der Waals surface area contributed by atoms with E-state index < -0.39 is 0 Å². The van der Waals surface area contributed by atoms with Gasteiger partial charge in [0, 0.05) is 20.0 Å². The average molecular weight is 285 g/mol. The normalized spacial score (nSPS) is 10.6. The molecule has 0 unspecified atom stereocenters. The predicted octanol–water partition coefficient (Wildman–Crippen LogP) is 3.35. The molecular weight excluding hydrogens is 264 g/mol. The minimum atomic E-state index is -0.0854. The summed E-state index contributed by atoms with van der Waals surface area (Å²) in [4.78, 5) is 12.0. The summed E-state index contributed by atoms with van der Waals surface area (Å²) in [6.07, 6.45) is 0. The molecule has 106 valence electrons. The second-order valence-corrected chi connectivity index (χ2v) is 4.40. The van der Waals surface area contributed by atoms with E-state index in [0.717, 1.165) is 0 Å². The van der Waals surface area contributed by atoms with Gasteiger partial charge in [0.15, 0.2) is 0 Å². The molecule has 0 aliphatic carbocycles. The van der Waals surface area contributed by atoms with Crippen molar-refractivity contribution in [2.24, 2.45) is 0 Å². The molecule has 0 aliphatic heterocycles. The molecule has 0 aliphatic rings. The lowest BCUT2D eigenvalue weighted by molar-refractivity contribution is -0.119. The number of para-hydroxylation sites is 1. The van der Waals surface area contributed by atoms with Gasteiger partial charge in [-0.15, -0.1) is 0 Å². The van der Waals surface area contributed by atoms with E-state index in [1.807, 2.05) is 37.9 Å². The van der Waals surface area contributed by atoms with E-state index in [2.05, 4.69) is 0 Å². The highest BCUT2D eigenvalue weighted by atomic mass is 35.5. The monoisotopic (exact) mass is 284 g/mol. The number of anilines is 1. The van der Waals surface area contributed by atoms with Crippen molar-refractivity contribution in [3.8, 4) is 5.75 Å². The summed E-state index contributed by atoms with van der Waals surface area (Å²) in [6, 6.07) is 5.40. The van der Waals surface area contributed by atoms with Gasteiger partial charge < -0.3 is 4.74 Å². The Kier molecular flexibility index (Phi) is 6.12. The van der Waals surface area contributed by atoms with Crippen molar-refractivity contribution in [3.05, 3.63) is 23.2 Å². The smallest absolute Gasteiger partial charge is 0.238 e. The Balaban J connectivity index is 3.32. The van der Waals surface area contributed by atoms with Crippen LogP contribution < -0.4 is 9.75 Å². The summed E-state index contributed by atoms with van der Waals surface area (Å²) < 4.78 is 5.58. The third kappa shape index (κ3) is 3.61. The fourth-order valence-electron chi connectivity index (χ4n) is 1.98. The zero-order valence-electron chi connectivity index (χ0n) is 11.9. The molecule has 0 aromatic heterocycles. The molecule has 1 aromatic rings. The molecule has 0 heterocycles. The van der Waals surface area contributed by atoms with Gasteiger partial charge in [-0.2, -0.15) is 0 Å². The summed E-state index contributed by atoms with van der Waals surface area (Å²) in [7, 11) is 0. The highest BCUT2D eigenvalue weighted by molar-refractivity contribution is 6.34. The van der Waals surface area contributed by atoms with Gasteiger partial charge in [-0.3, -0.25) is 4.79 Å². The average Bonchev–Trinajstić information content (AvgIpc) is 2.37. The van der Waals surface area contributed by atoms with Gasteiger partial charge in [0.1, 0.15) is 11.4 Å². The van der Waals surface area contributed by atoms with Gasteiger partial charge in [0.2, 0.25) is 5.91 Å². The molecule has 1 aromatic carbocycles. The lowest BCUT2D eigenvalue weighted by atomic mass is 10.2. The number of carbonyl (C=O) groups excluding carboxylic acids is 1. The first-order valence-electron chi connectivity index (χ1n) is 6.53. The first kappa shape index (κ1) is 15.8. The number of halogens is 1. The third-order valence-electron chi connectivity index (χ3n) is 2.77. The Morgan fingerprint density at radius 3 is 2.37 bits per heavy atom. The Morgan fingerprint density at radius 1 is 1.26 bits per heavy atom. The van der Waals surface area contributed by atoms with Crippen LogP contribution in [0.25, 0.3) is 0 Å². The van der Waals surface area contributed by atoms with Crippen molar-refractivity contribution in [2.75, 3.05) is 24.7 Å². The van der Waals surface area contributed by atoms with E-state index in [1.165, 1.54) is 6.92 Å². The topological polar surface area (TPSA) is 32.8 Å². The van der Waals surface area contributed by atoms with Crippen molar-refractivity contribution in [1.29, 1.82) is 0 Å². The van der Waals surface area contributed by atoms with Gasteiger partial charge in [0.25, 0.3) is 0 Å². The van der Waals surface area contributed by atoms with Crippen LogP contribution in [0.15, 0.2) is 18.2 Å². The fourth-order valence-corrected chi connectivity index (χ4v) is 2.22. The Bertz CT molecular complexity index is 433. The van der Waals surface area contributed by atoms with Gasteiger partial charge in [-0.05, 0) is 19.1 Å². The summed E-state index contributed by atoms with van der Waals surface area (Å²) in [6.45, 7) is 9.38. The van der Waals surface area contributed by atoms with Crippen molar-refractivity contribution < 1.29 is 9.53 Å². The molecule has 0 fully saturated rings. The summed E-state index contributed by atoms with van der Waals surface area (Å²) in [5, 5.41) is 4.02. The van der Waals surface area contributed by atoms with Crippen molar-refractivity contribution >= 4 is 23.2 Å². The third-order valence-corrected chi connectivity index (χ3v) is 3.08. The molecule has 5 heteroatoms. The SMILES string of the molecule is CCOc1cccc(Cl)c1N(C(C)=O)N(CC)CC. The van der Waals surface area contributed by atoms with Crippen LogP contribution in [0.4, 0.5) is 5.69 Å². The molecule has 0 bridgehead atoms. The number of hydrazine groups is 1. The molecule has 0 saturated carbocycles. The van der Waals surface area contributed by atoms with Crippen LogP contribution in [0.2, 0.25) is 5.02 Å². The van der Waals surface area contributed by atoms with Gasteiger partial charge >= 0.3 is 0 Å². The van der Waals surface area contributed by atoms with E-state index in [0.29, 0.717) is 36.2 Å². The number of carbonyl (C=O) groups is 1. The molecule has 4 nitrogen and oxygen atoms in total. The number of amides is 1. The molecule has 0 saturated heterocycles. The fraction of sp³-hybridized carbons (Fsp3) is 0.500. The van der Waals surface area contributed by atoms with E-state index in [-0.39, 0.29) is 5.91 Å². The van der Waals surface area contributed by atoms with Crippen LogP contribution in [-0.4, -0.2) is 30.6 Å². The quantitative estimate of drug-likeness (QED) is 0.751. The Hall–Kier alpha value is -1.26. The van der Waals surface area contributed by atoms with Crippen LogP contribution in [0.1, 0.15) is 27.7 Å². The number of rotatable bonds is 6. The molecule has 1 amide bonds. The van der Waals surface area contributed by atoms with Crippen LogP contribution >= 0.6 is 11.6 Å². The molecule has 1 rings (SSSR count). The second kappa shape index (κ2) is 7.36. The van der Waals surface area contributed by atoms with Crippen molar-refractivity contribution in [3.63, 3.8) is 0 Å². The van der Waals surface area contributed by atoms with Crippen molar-refractivity contribution in [2.45, 2.75) is 27.7 Å². The van der Waals surface area contributed by atoms with Gasteiger partial charge in [-0.25, -0.2) is 10.0 Å². The van der Waals surface area contributed by atoms with E-state index >= 15 is 0 Å². The second-order valence-electron chi connectivity index (χ2n) is 3.99. The first-order chi connectivity index (χ1) is 9.06. The summed E-state index contributed by atoms with van der Waals surface area (Å²) in [5.41, 5.74) is 0.613. The summed E-state index contributed by atoms with van der Waals surface area (Å²) in [5.74, 6) is 0.537. The van der Waals surface area contributed by atoms with Gasteiger partial charge in [0.05, 0.1) is 11.6 Å². The lowest BCUT2D eigenvalue weighted by Crippen LogP contribution is -2.46. The van der Waals surface area contributed by atoms with E-state index in [9.17, 15) is 4.79 Å². The lowest BCUT2D eigenvalue weighted by Gasteiger charge is -2.34. The van der Waals surface area contributed by atoms with Crippen molar-refractivity contribution in [1.82, 2.24) is 5.01 Å². The molecule has 0 spiro atoms. The number of nitrogens with zero attached hydrogens (tertiary/aromatic N) is 2. The van der Waals surface area contributed by atoms with Crippen LogP contribution in [0, 0.1) is 0 Å². The minimum absolute atomic E-state index is 0.0854. The number of benzene rings is 1. The Morgan fingerprint density at radius 2 is 1.89 bits per heavy atom. The number of hydrogen-bond donors (Lipinski definition) is 0. The zero-order valence-corrected chi connectivity index (χ0v) is 12.7. The molecule has 0 atom stereocenters. The maximum atomic E-state index is 12.0.